The van der Waals surface area contributed by atoms with Crippen LogP contribution in [0.15, 0.2) is 18.2 Å². The molecular weight excluding hydrogens is 272 g/mol. The van der Waals surface area contributed by atoms with Crippen molar-refractivity contribution in [2.24, 2.45) is 0 Å². The van der Waals surface area contributed by atoms with Gasteiger partial charge in [0, 0.05) is 24.0 Å². The Bertz CT molecular complexity index is 465. The molecule has 0 N–H and O–H groups in total. The van der Waals surface area contributed by atoms with Gasteiger partial charge >= 0.3 is 0 Å². The van der Waals surface area contributed by atoms with E-state index < -0.39 is 11.6 Å². The van der Waals surface area contributed by atoms with E-state index in [9.17, 15) is 13.6 Å². The molecular formula is C14H16ClF2NO. The van der Waals surface area contributed by atoms with Crippen LogP contribution < -0.4 is 0 Å². The van der Waals surface area contributed by atoms with E-state index >= 15 is 0 Å². The monoisotopic (exact) mass is 287 g/mol. The highest BCUT2D eigenvalue weighted by molar-refractivity contribution is 6.17. The largest absolute Gasteiger partial charge is 0.336 e. The average molecular weight is 288 g/mol. The van der Waals surface area contributed by atoms with Gasteiger partial charge in [-0.15, -0.1) is 11.6 Å². The molecule has 19 heavy (non-hydrogen) atoms. The molecule has 0 radical (unpaired) electrons. The highest BCUT2D eigenvalue weighted by Gasteiger charge is 2.27. The standard InChI is InChI=1S/C14H16ClF2NO/c15-7-6-11-3-1-2-8-18(11)14(19)10-4-5-12(16)13(17)9-10/h4-5,9,11H,1-3,6-8H2. The van der Waals surface area contributed by atoms with E-state index in [0.29, 0.717) is 12.4 Å². The van der Waals surface area contributed by atoms with Gasteiger partial charge in [-0.1, -0.05) is 0 Å². The molecule has 1 aromatic carbocycles. The van der Waals surface area contributed by atoms with Gasteiger partial charge < -0.3 is 4.90 Å². The van der Waals surface area contributed by atoms with Gasteiger partial charge in [-0.2, -0.15) is 0 Å². The van der Waals surface area contributed by atoms with Gasteiger partial charge in [-0.3, -0.25) is 4.79 Å². The number of halogens is 3. The summed E-state index contributed by atoms with van der Waals surface area (Å²) >= 11 is 5.75. The minimum absolute atomic E-state index is 0.104. The molecule has 2 nitrogen and oxygen atoms in total. The number of carbonyl (C=O) groups is 1. The Morgan fingerprint density at radius 1 is 1.32 bits per heavy atom. The topological polar surface area (TPSA) is 20.3 Å². The van der Waals surface area contributed by atoms with Gasteiger partial charge in [0.2, 0.25) is 0 Å². The van der Waals surface area contributed by atoms with Gasteiger partial charge in [-0.25, -0.2) is 8.78 Å². The second-order valence-electron chi connectivity index (χ2n) is 4.75. The van der Waals surface area contributed by atoms with Crippen LogP contribution in [0.5, 0.6) is 0 Å². The summed E-state index contributed by atoms with van der Waals surface area (Å²) in [6, 6.07) is 3.38. The normalized spacial score (nSPS) is 19.5. The lowest BCUT2D eigenvalue weighted by atomic mass is 9.99. The fraction of sp³-hybridized carbons (Fsp3) is 0.500. The molecule has 1 atom stereocenters. The number of alkyl halides is 1. The molecule has 0 aromatic heterocycles. The van der Waals surface area contributed by atoms with Gasteiger partial charge in [0.05, 0.1) is 0 Å². The van der Waals surface area contributed by atoms with Gasteiger partial charge in [0.25, 0.3) is 5.91 Å². The van der Waals surface area contributed by atoms with Crippen molar-refractivity contribution in [3.8, 4) is 0 Å². The molecule has 1 amide bonds. The Balaban J connectivity index is 2.18. The van der Waals surface area contributed by atoms with E-state index in [1.807, 2.05) is 0 Å². The van der Waals surface area contributed by atoms with Crippen LogP contribution in [0.1, 0.15) is 36.0 Å². The molecule has 0 spiro atoms. The fourth-order valence-electron chi connectivity index (χ4n) is 2.49. The SMILES string of the molecule is O=C(c1ccc(F)c(F)c1)N1CCCCC1CCCl. The molecule has 1 heterocycles. The van der Waals surface area contributed by atoms with Crippen molar-refractivity contribution in [2.75, 3.05) is 12.4 Å². The van der Waals surface area contributed by atoms with Crippen molar-refractivity contribution in [1.29, 1.82) is 0 Å². The van der Waals surface area contributed by atoms with E-state index in [1.54, 1.807) is 4.90 Å². The molecule has 1 fully saturated rings. The molecule has 1 aliphatic heterocycles. The third kappa shape index (κ3) is 3.24. The van der Waals surface area contributed by atoms with Crippen LogP contribution in [0.2, 0.25) is 0 Å². The Hall–Kier alpha value is -1.16. The van der Waals surface area contributed by atoms with Crippen molar-refractivity contribution >= 4 is 17.5 Å². The molecule has 0 bridgehead atoms. The smallest absolute Gasteiger partial charge is 0.254 e. The van der Waals surface area contributed by atoms with Gasteiger partial charge in [0.1, 0.15) is 0 Å². The summed E-state index contributed by atoms with van der Waals surface area (Å²) in [6.07, 6.45) is 3.66. The van der Waals surface area contributed by atoms with Crippen LogP contribution in [0, 0.1) is 11.6 Å². The summed E-state index contributed by atoms with van der Waals surface area (Å²) in [5.74, 6) is -1.68. The van der Waals surface area contributed by atoms with Crippen LogP contribution in [0.25, 0.3) is 0 Å². The molecule has 0 saturated carbocycles. The maximum absolute atomic E-state index is 13.2. The fourth-order valence-corrected chi connectivity index (χ4v) is 2.74. The van der Waals surface area contributed by atoms with Gasteiger partial charge in [0.15, 0.2) is 11.6 Å². The van der Waals surface area contributed by atoms with Crippen molar-refractivity contribution in [3.05, 3.63) is 35.4 Å². The van der Waals surface area contributed by atoms with Crippen molar-refractivity contribution in [2.45, 2.75) is 31.7 Å². The molecule has 0 aliphatic carbocycles. The Labute approximate surface area is 116 Å². The molecule has 1 unspecified atom stereocenters. The van der Waals surface area contributed by atoms with Crippen molar-refractivity contribution in [1.82, 2.24) is 4.90 Å². The predicted octanol–water partition coefficient (Wildman–Crippen LogP) is 3.59. The van der Waals surface area contributed by atoms with Crippen molar-refractivity contribution < 1.29 is 13.6 Å². The number of carbonyl (C=O) groups excluding carboxylic acids is 1. The van der Waals surface area contributed by atoms with E-state index in [4.69, 9.17) is 11.6 Å². The highest BCUT2D eigenvalue weighted by Crippen LogP contribution is 2.23. The average Bonchev–Trinajstić information content (AvgIpc) is 2.42. The molecule has 1 saturated heterocycles. The number of likely N-dealkylation sites (tertiary alicyclic amines) is 1. The molecule has 104 valence electrons. The number of nitrogens with zero attached hydrogens (tertiary/aromatic N) is 1. The second kappa shape index (κ2) is 6.33. The number of hydrogen-bond acceptors (Lipinski definition) is 1. The molecule has 5 heteroatoms. The van der Waals surface area contributed by atoms with Crippen LogP contribution in [-0.4, -0.2) is 29.3 Å². The minimum atomic E-state index is -0.989. The lowest BCUT2D eigenvalue weighted by Gasteiger charge is -2.35. The first-order valence-corrected chi connectivity index (χ1v) is 6.99. The summed E-state index contributed by atoms with van der Waals surface area (Å²) in [5, 5.41) is 0. The van der Waals surface area contributed by atoms with Crippen LogP contribution in [0.3, 0.4) is 0 Å². The minimum Gasteiger partial charge on any atom is -0.336 e. The van der Waals surface area contributed by atoms with E-state index in [-0.39, 0.29) is 17.5 Å². The van der Waals surface area contributed by atoms with Crippen LogP contribution in [0.4, 0.5) is 8.78 Å². The molecule has 1 aliphatic rings. The zero-order valence-electron chi connectivity index (χ0n) is 10.5. The van der Waals surface area contributed by atoms with Crippen LogP contribution in [-0.2, 0) is 0 Å². The van der Waals surface area contributed by atoms with Crippen molar-refractivity contribution in [3.63, 3.8) is 0 Å². The first kappa shape index (κ1) is 14.3. The quantitative estimate of drug-likeness (QED) is 0.778. The number of rotatable bonds is 3. The third-order valence-corrected chi connectivity index (χ3v) is 3.72. The first-order valence-electron chi connectivity index (χ1n) is 6.45. The highest BCUT2D eigenvalue weighted by atomic mass is 35.5. The van der Waals surface area contributed by atoms with Gasteiger partial charge in [-0.05, 0) is 43.9 Å². The zero-order valence-corrected chi connectivity index (χ0v) is 11.3. The molecule has 2 rings (SSSR count). The summed E-state index contributed by atoms with van der Waals surface area (Å²) in [4.78, 5) is 14.1. The molecule has 1 aromatic rings. The predicted molar refractivity (Wildman–Crippen MR) is 70.4 cm³/mol. The summed E-state index contributed by atoms with van der Waals surface area (Å²) in [6.45, 7) is 0.652. The summed E-state index contributed by atoms with van der Waals surface area (Å²) < 4.78 is 26.1. The lowest BCUT2D eigenvalue weighted by molar-refractivity contribution is 0.0608. The summed E-state index contributed by atoms with van der Waals surface area (Å²) in [7, 11) is 0. The Kier molecular flexibility index (Phi) is 4.75. The summed E-state index contributed by atoms with van der Waals surface area (Å²) in [5.41, 5.74) is 0.195. The Morgan fingerprint density at radius 3 is 2.79 bits per heavy atom. The second-order valence-corrected chi connectivity index (χ2v) is 5.13. The van der Waals surface area contributed by atoms with Crippen LogP contribution >= 0.6 is 11.6 Å². The van der Waals surface area contributed by atoms with E-state index in [0.717, 1.165) is 37.8 Å². The van der Waals surface area contributed by atoms with E-state index in [1.165, 1.54) is 6.07 Å². The number of piperidine rings is 1. The number of hydrogen-bond donors (Lipinski definition) is 0. The number of amides is 1. The van der Waals surface area contributed by atoms with E-state index in [2.05, 4.69) is 0 Å². The maximum Gasteiger partial charge on any atom is 0.254 e. The Morgan fingerprint density at radius 2 is 2.11 bits per heavy atom. The maximum atomic E-state index is 13.2. The third-order valence-electron chi connectivity index (χ3n) is 3.50. The first-order chi connectivity index (χ1) is 9.13. The zero-order chi connectivity index (χ0) is 13.8. The number of benzene rings is 1. The lowest BCUT2D eigenvalue weighted by Crippen LogP contribution is -2.44.